The molecule has 0 fully saturated rings. The molecule has 1 N–H and O–H groups in total. The van der Waals surface area contributed by atoms with Crippen molar-refractivity contribution in [3.8, 4) is 5.75 Å². The monoisotopic (exact) mass is 368 g/mol. The molecule has 4 rings (SSSR count). The third-order valence-electron chi connectivity index (χ3n) is 5.02. The fraction of sp³-hybridized carbons (Fsp3) is 0.381. The molecule has 0 saturated heterocycles. The third kappa shape index (κ3) is 3.01. The van der Waals surface area contributed by atoms with E-state index in [9.17, 15) is 4.79 Å². The van der Waals surface area contributed by atoms with Crippen LogP contribution in [-0.4, -0.2) is 16.6 Å². The molecule has 2 aromatic heterocycles. The van der Waals surface area contributed by atoms with Crippen molar-refractivity contribution in [1.82, 2.24) is 9.88 Å². The largest absolute Gasteiger partial charge is 0.486 e. The second kappa shape index (κ2) is 7.16. The number of nitrogens with one attached hydrogen (secondary N) is 1. The van der Waals surface area contributed by atoms with E-state index in [0.29, 0.717) is 0 Å². The van der Waals surface area contributed by atoms with Crippen LogP contribution < -0.4 is 10.1 Å². The molecule has 1 amide bonds. The Balaban J connectivity index is 1.68. The number of benzene rings is 1. The van der Waals surface area contributed by atoms with E-state index in [4.69, 9.17) is 4.74 Å². The quantitative estimate of drug-likeness (QED) is 0.654. The molecule has 0 saturated carbocycles. The van der Waals surface area contributed by atoms with Gasteiger partial charge in [0.15, 0.2) is 0 Å². The van der Waals surface area contributed by atoms with Crippen molar-refractivity contribution in [2.75, 3.05) is 0 Å². The lowest BCUT2D eigenvalue weighted by Gasteiger charge is -2.26. The molecule has 0 radical (unpaired) electrons. The normalized spacial score (nSPS) is 17.1. The Labute approximate surface area is 157 Å². The molecule has 1 aliphatic rings. The molecule has 2 atom stereocenters. The number of carbonyl (C=O) groups excluding carboxylic acids is 1. The molecule has 3 heterocycles. The lowest BCUT2D eigenvalue weighted by molar-refractivity contribution is 0.0919. The highest BCUT2D eigenvalue weighted by atomic mass is 32.1. The van der Waals surface area contributed by atoms with E-state index >= 15 is 0 Å². The van der Waals surface area contributed by atoms with Gasteiger partial charge in [0.05, 0.1) is 18.1 Å². The number of amides is 1. The first-order chi connectivity index (χ1) is 12.7. The first-order valence-corrected chi connectivity index (χ1v) is 10.2. The van der Waals surface area contributed by atoms with Crippen molar-refractivity contribution in [3.63, 3.8) is 0 Å². The molecular formula is C21H24N2O2S. The van der Waals surface area contributed by atoms with Crippen LogP contribution in [0.1, 0.15) is 54.5 Å². The van der Waals surface area contributed by atoms with E-state index in [-0.39, 0.29) is 18.1 Å². The Bertz CT molecular complexity index is 914. The number of para-hydroxylation sites is 1. The van der Waals surface area contributed by atoms with Crippen molar-refractivity contribution in [2.45, 2.75) is 51.8 Å². The zero-order chi connectivity index (χ0) is 18.1. The lowest BCUT2D eigenvalue weighted by Crippen LogP contribution is -2.33. The lowest BCUT2D eigenvalue weighted by atomic mass is 10.1. The zero-order valence-corrected chi connectivity index (χ0v) is 16.0. The summed E-state index contributed by atoms with van der Waals surface area (Å²) < 4.78 is 8.21. The van der Waals surface area contributed by atoms with Crippen LogP contribution in [0.25, 0.3) is 10.9 Å². The fourth-order valence-corrected chi connectivity index (χ4v) is 4.50. The maximum atomic E-state index is 13.1. The van der Waals surface area contributed by atoms with Crippen molar-refractivity contribution in [3.05, 3.63) is 52.3 Å². The minimum absolute atomic E-state index is 0.00393. The molecule has 1 aliphatic heterocycles. The number of thiophene rings is 1. The second-order valence-corrected chi connectivity index (χ2v) is 7.79. The van der Waals surface area contributed by atoms with Crippen LogP contribution in [0.2, 0.25) is 0 Å². The first kappa shape index (κ1) is 17.2. The molecule has 0 bridgehead atoms. The molecule has 1 aromatic carbocycles. The predicted octanol–water partition coefficient (Wildman–Crippen LogP) is 5.15. The molecule has 0 aliphatic carbocycles. The average Bonchev–Trinajstić information content (AvgIpc) is 3.30. The van der Waals surface area contributed by atoms with Gasteiger partial charge in [-0.25, -0.2) is 0 Å². The number of carbonyl (C=O) groups is 1. The topological polar surface area (TPSA) is 43.3 Å². The Morgan fingerprint density at radius 2 is 2.23 bits per heavy atom. The van der Waals surface area contributed by atoms with Gasteiger partial charge in [-0.1, -0.05) is 38.5 Å². The minimum atomic E-state index is -0.00393. The van der Waals surface area contributed by atoms with E-state index in [1.165, 1.54) is 4.88 Å². The summed E-state index contributed by atoms with van der Waals surface area (Å²) in [5.41, 5.74) is 1.76. The molecule has 4 nitrogen and oxygen atoms in total. The molecule has 0 spiro atoms. The molecule has 3 aromatic rings. The summed E-state index contributed by atoms with van der Waals surface area (Å²) in [4.78, 5) is 14.4. The van der Waals surface area contributed by atoms with Gasteiger partial charge < -0.3 is 14.6 Å². The summed E-state index contributed by atoms with van der Waals surface area (Å²) in [6.45, 7) is 4.99. The molecule has 136 valence electrons. The van der Waals surface area contributed by atoms with Gasteiger partial charge in [0, 0.05) is 10.3 Å². The van der Waals surface area contributed by atoms with Crippen LogP contribution in [0.3, 0.4) is 0 Å². The average molecular weight is 369 g/mol. The minimum Gasteiger partial charge on any atom is -0.486 e. The highest BCUT2D eigenvalue weighted by molar-refractivity contribution is 7.10. The van der Waals surface area contributed by atoms with Gasteiger partial charge in [-0.05, 0) is 36.4 Å². The highest BCUT2D eigenvalue weighted by Crippen LogP contribution is 2.34. The van der Waals surface area contributed by atoms with Crippen LogP contribution in [0.5, 0.6) is 5.75 Å². The van der Waals surface area contributed by atoms with Gasteiger partial charge in [0.25, 0.3) is 5.91 Å². The van der Waals surface area contributed by atoms with E-state index in [0.717, 1.165) is 48.2 Å². The van der Waals surface area contributed by atoms with Crippen molar-refractivity contribution < 1.29 is 9.53 Å². The van der Waals surface area contributed by atoms with Crippen LogP contribution in [0, 0.1) is 0 Å². The second-order valence-electron chi connectivity index (χ2n) is 6.81. The number of aromatic nitrogens is 1. The standard InChI is InChI=1S/C21H24N2O2S/c1-3-7-16(19-10-6-11-26-19)22-21(24)17-12-14-8-5-9-18-20(14)23(17)13-15(4-2)25-18/h5-6,8-12,15-16H,3-4,7,13H2,1-2H3,(H,22,24)/t15-,16+/m0/s1. The van der Waals surface area contributed by atoms with Gasteiger partial charge in [-0.3, -0.25) is 4.79 Å². The SMILES string of the molecule is CCC[C@@H](NC(=O)c1cc2cccc3c2n1C[C@H](CC)O3)c1cccs1. The summed E-state index contributed by atoms with van der Waals surface area (Å²) in [6.07, 6.45) is 3.00. The number of ether oxygens (including phenoxy) is 1. The van der Waals surface area contributed by atoms with Gasteiger partial charge in [-0.15, -0.1) is 11.3 Å². The van der Waals surface area contributed by atoms with Crippen LogP contribution in [-0.2, 0) is 6.54 Å². The van der Waals surface area contributed by atoms with Gasteiger partial charge in [-0.2, -0.15) is 0 Å². The first-order valence-electron chi connectivity index (χ1n) is 9.34. The van der Waals surface area contributed by atoms with Crippen molar-refractivity contribution in [1.29, 1.82) is 0 Å². The van der Waals surface area contributed by atoms with Gasteiger partial charge in [0.2, 0.25) is 0 Å². The van der Waals surface area contributed by atoms with Crippen LogP contribution >= 0.6 is 11.3 Å². The molecular weight excluding hydrogens is 344 g/mol. The Morgan fingerprint density at radius 3 is 2.96 bits per heavy atom. The number of nitrogens with zero attached hydrogens (tertiary/aromatic N) is 1. The van der Waals surface area contributed by atoms with E-state index in [2.05, 4.69) is 35.2 Å². The third-order valence-corrected chi connectivity index (χ3v) is 6.01. The highest BCUT2D eigenvalue weighted by Gasteiger charge is 2.26. The summed E-state index contributed by atoms with van der Waals surface area (Å²) >= 11 is 1.70. The predicted molar refractivity (Wildman–Crippen MR) is 106 cm³/mol. The summed E-state index contributed by atoms with van der Waals surface area (Å²) in [7, 11) is 0. The van der Waals surface area contributed by atoms with E-state index < -0.39 is 0 Å². The van der Waals surface area contributed by atoms with E-state index in [1.807, 2.05) is 30.3 Å². The Hall–Kier alpha value is -2.27. The van der Waals surface area contributed by atoms with Crippen molar-refractivity contribution >= 4 is 28.1 Å². The Kier molecular flexibility index (Phi) is 4.72. The maximum absolute atomic E-state index is 13.1. The van der Waals surface area contributed by atoms with Gasteiger partial charge >= 0.3 is 0 Å². The zero-order valence-electron chi connectivity index (χ0n) is 15.2. The van der Waals surface area contributed by atoms with Crippen molar-refractivity contribution in [2.24, 2.45) is 0 Å². The maximum Gasteiger partial charge on any atom is 0.268 e. The summed E-state index contributed by atoms with van der Waals surface area (Å²) in [5, 5.41) is 6.38. The van der Waals surface area contributed by atoms with E-state index in [1.54, 1.807) is 11.3 Å². The fourth-order valence-electron chi connectivity index (χ4n) is 3.69. The Morgan fingerprint density at radius 1 is 1.35 bits per heavy atom. The molecule has 5 heteroatoms. The number of hydrogen-bond acceptors (Lipinski definition) is 3. The smallest absolute Gasteiger partial charge is 0.268 e. The van der Waals surface area contributed by atoms with Crippen LogP contribution in [0.15, 0.2) is 41.8 Å². The summed E-state index contributed by atoms with van der Waals surface area (Å²) in [5.74, 6) is 0.874. The summed E-state index contributed by atoms with van der Waals surface area (Å²) in [6, 6.07) is 12.2. The van der Waals surface area contributed by atoms with Gasteiger partial charge in [0.1, 0.15) is 17.5 Å². The molecule has 0 unspecified atom stereocenters. The molecule has 26 heavy (non-hydrogen) atoms. The number of hydrogen-bond donors (Lipinski definition) is 1. The van der Waals surface area contributed by atoms with Crippen LogP contribution in [0.4, 0.5) is 0 Å². The number of rotatable bonds is 6.